The van der Waals surface area contributed by atoms with Gasteiger partial charge < -0.3 is 9.63 Å². The molecule has 2 aliphatic rings. The molecule has 0 unspecified atom stereocenters. The van der Waals surface area contributed by atoms with Gasteiger partial charge in [-0.2, -0.15) is 0 Å². The van der Waals surface area contributed by atoms with E-state index in [0.29, 0.717) is 60.4 Å². The van der Waals surface area contributed by atoms with Crippen molar-refractivity contribution in [2.75, 3.05) is 7.05 Å². The number of nitrogens with zero attached hydrogens (tertiary/aromatic N) is 2. The maximum Gasteiger partial charge on any atom is 0.168 e. The average Bonchev–Trinajstić information content (AvgIpc) is 2.93. The molecule has 0 bridgehead atoms. The maximum absolute atomic E-state index is 12.4. The molecular weight excluding hydrogens is 320 g/mol. The van der Waals surface area contributed by atoms with Crippen molar-refractivity contribution >= 4 is 17.3 Å². The van der Waals surface area contributed by atoms with Crippen molar-refractivity contribution in [3.63, 3.8) is 0 Å². The minimum absolute atomic E-state index is 0.0330. The summed E-state index contributed by atoms with van der Waals surface area (Å²) in [6.45, 7) is 4.07. The molecule has 0 aromatic carbocycles. The van der Waals surface area contributed by atoms with Gasteiger partial charge >= 0.3 is 0 Å². The molecule has 2 aliphatic carbocycles. The molecule has 1 N–H and O–H groups in total. The van der Waals surface area contributed by atoms with Crippen LogP contribution in [0.2, 0.25) is 0 Å². The molecule has 1 fully saturated rings. The van der Waals surface area contributed by atoms with Crippen LogP contribution in [-0.2, 0) is 17.6 Å². The van der Waals surface area contributed by atoms with Gasteiger partial charge in [-0.15, -0.1) is 0 Å². The van der Waals surface area contributed by atoms with Crippen molar-refractivity contribution in [3.05, 3.63) is 28.3 Å². The average molecular weight is 344 g/mol. The number of Topliss-reactive ketones (excluding diaryl/α,β-unsaturated/α-hetero) is 2. The number of aryl methyl sites for hydroxylation is 1. The van der Waals surface area contributed by atoms with Crippen LogP contribution >= 0.6 is 0 Å². The van der Waals surface area contributed by atoms with Gasteiger partial charge in [0.2, 0.25) is 0 Å². The highest BCUT2D eigenvalue weighted by Crippen LogP contribution is 2.36. The van der Waals surface area contributed by atoms with Crippen molar-refractivity contribution in [2.45, 2.75) is 58.8 Å². The Bertz CT molecular complexity index is 783. The number of hydrogen-bond acceptors (Lipinski definition) is 6. The first kappa shape index (κ1) is 17.6. The fourth-order valence-electron chi connectivity index (χ4n) is 3.73. The number of carbonyl (C=O) groups is 2. The first-order valence-corrected chi connectivity index (χ1v) is 8.74. The first-order valence-electron chi connectivity index (χ1n) is 8.74. The van der Waals surface area contributed by atoms with Crippen LogP contribution in [0.3, 0.4) is 0 Å². The molecule has 0 radical (unpaired) electrons. The third-order valence-electron chi connectivity index (χ3n) is 4.93. The van der Waals surface area contributed by atoms with Gasteiger partial charge in [0.25, 0.3) is 0 Å². The van der Waals surface area contributed by atoms with Gasteiger partial charge in [0.15, 0.2) is 11.6 Å². The number of aliphatic hydroxyl groups excluding tert-OH is 1. The van der Waals surface area contributed by atoms with E-state index in [1.807, 2.05) is 13.8 Å². The molecule has 0 spiro atoms. The molecule has 134 valence electrons. The van der Waals surface area contributed by atoms with E-state index in [2.05, 4.69) is 10.1 Å². The normalized spacial score (nSPS) is 23.7. The Morgan fingerprint density at radius 1 is 1.24 bits per heavy atom. The number of hydrogen-bond donors (Lipinski definition) is 1. The van der Waals surface area contributed by atoms with E-state index < -0.39 is 0 Å². The van der Waals surface area contributed by atoms with Gasteiger partial charge in [-0.05, 0) is 18.3 Å². The van der Waals surface area contributed by atoms with Crippen molar-refractivity contribution < 1.29 is 19.2 Å². The Kier molecular flexibility index (Phi) is 4.62. The van der Waals surface area contributed by atoms with Crippen LogP contribution in [0.15, 0.2) is 20.8 Å². The zero-order valence-electron chi connectivity index (χ0n) is 15.0. The fourth-order valence-corrected chi connectivity index (χ4v) is 3.73. The zero-order chi connectivity index (χ0) is 18.2. The maximum atomic E-state index is 12.4. The standard InChI is InChI=1S/C19H24N2O4/c1-19(2)9-15(24)18-12(21-25-16(18)10-19)7-8-14(23)17-11(20-3)5-4-6-13(17)22/h23H,4-10H2,1-3H3/b17-14+,20-11?. The van der Waals surface area contributed by atoms with Crippen LogP contribution in [0, 0.1) is 5.41 Å². The minimum atomic E-state index is -0.119. The lowest BCUT2D eigenvalue weighted by Gasteiger charge is -2.26. The van der Waals surface area contributed by atoms with Crippen LogP contribution in [0.1, 0.15) is 67.8 Å². The van der Waals surface area contributed by atoms with E-state index in [0.717, 1.165) is 6.42 Å². The Morgan fingerprint density at radius 2 is 2.00 bits per heavy atom. The quantitative estimate of drug-likeness (QED) is 0.670. The molecular formula is C19H24N2O4. The third kappa shape index (κ3) is 3.43. The summed E-state index contributed by atoms with van der Waals surface area (Å²) in [4.78, 5) is 28.7. The van der Waals surface area contributed by atoms with E-state index in [-0.39, 0.29) is 29.2 Å². The van der Waals surface area contributed by atoms with Crippen LogP contribution < -0.4 is 0 Å². The Morgan fingerprint density at radius 3 is 2.72 bits per heavy atom. The second kappa shape index (κ2) is 6.58. The van der Waals surface area contributed by atoms with Gasteiger partial charge in [0.1, 0.15) is 11.5 Å². The second-order valence-electron chi connectivity index (χ2n) is 7.64. The molecule has 0 aliphatic heterocycles. The number of carbonyl (C=O) groups excluding carboxylic acids is 2. The fraction of sp³-hybridized carbons (Fsp3) is 0.579. The van der Waals surface area contributed by atoms with Crippen molar-refractivity contribution in [1.82, 2.24) is 5.16 Å². The highest BCUT2D eigenvalue weighted by molar-refractivity contribution is 6.24. The smallest absolute Gasteiger partial charge is 0.168 e. The van der Waals surface area contributed by atoms with E-state index in [1.54, 1.807) is 7.05 Å². The largest absolute Gasteiger partial charge is 0.511 e. The second-order valence-corrected chi connectivity index (χ2v) is 7.64. The predicted octanol–water partition coefficient (Wildman–Crippen LogP) is 3.40. The number of aromatic nitrogens is 1. The Labute approximate surface area is 147 Å². The lowest BCUT2D eigenvalue weighted by Crippen LogP contribution is -2.26. The molecule has 1 aromatic heterocycles. The van der Waals surface area contributed by atoms with E-state index in [4.69, 9.17) is 4.52 Å². The number of rotatable bonds is 3. The molecule has 25 heavy (non-hydrogen) atoms. The molecule has 0 amide bonds. The lowest BCUT2D eigenvalue weighted by molar-refractivity contribution is -0.115. The Hall–Kier alpha value is -2.24. The first-order chi connectivity index (χ1) is 11.8. The molecule has 0 saturated heterocycles. The number of fused-ring (bicyclic) bond motifs is 1. The van der Waals surface area contributed by atoms with Gasteiger partial charge in [-0.3, -0.25) is 14.6 Å². The molecule has 3 rings (SSSR count). The number of aliphatic imine (C=N–C) groups is 1. The summed E-state index contributed by atoms with van der Waals surface area (Å²) in [5.41, 5.74) is 2.02. The van der Waals surface area contributed by atoms with E-state index in [9.17, 15) is 14.7 Å². The van der Waals surface area contributed by atoms with Crippen LogP contribution in [0.4, 0.5) is 0 Å². The zero-order valence-corrected chi connectivity index (χ0v) is 15.0. The summed E-state index contributed by atoms with van der Waals surface area (Å²) < 4.78 is 5.38. The molecule has 1 heterocycles. The third-order valence-corrected chi connectivity index (χ3v) is 4.93. The summed E-state index contributed by atoms with van der Waals surface area (Å²) in [5, 5.41) is 14.5. The van der Waals surface area contributed by atoms with Gasteiger partial charge in [0.05, 0.1) is 16.8 Å². The topological polar surface area (TPSA) is 92.8 Å². The summed E-state index contributed by atoms with van der Waals surface area (Å²) in [6.07, 6.45) is 3.66. The van der Waals surface area contributed by atoms with E-state index >= 15 is 0 Å². The molecule has 1 aromatic rings. The van der Waals surface area contributed by atoms with Gasteiger partial charge in [-0.25, -0.2) is 0 Å². The predicted molar refractivity (Wildman–Crippen MR) is 93.1 cm³/mol. The Balaban J connectivity index is 1.81. The number of allylic oxidation sites excluding steroid dienone is 2. The van der Waals surface area contributed by atoms with Crippen LogP contribution in [-0.4, -0.2) is 34.6 Å². The molecule has 6 heteroatoms. The number of ketones is 2. The van der Waals surface area contributed by atoms with Crippen LogP contribution in [0.25, 0.3) is 0 Å². The van der Waals surface area contributed by atoms with Crippen molar-refractivity contribution in [1.29, 1.82) is 0 Å². The van der Waals surface area contributed by atoms with Gasteiger partial charge in [-0.1, -0.05) is 19.0 Å². The van der Waals surface area contributed by atoms with Crippen molar-refractivity contribution in [3.8, 4) is 0 Å². The highest BCUT2D eigenvalue weighted by Gasteiger charge is 2.36. The molecule has 0 atom stereocenters. The summed E-state index contributed by atoms with van der Waals surface area (Å²) in [7, 11) is 1.63. The monoisotopic (exact) mass is 344 g/mol. The summed E-state index contributed by atoms with van der Waals surface area (Å²) in [5.74, 6) is 0.641. The van der Waals surface area contributed by atoms with Gasteiger partial charge in [0, 0.05) is 44.9 Å². The molecule has 6 nitrogen and oxygen atoms in total. The lowest BCUT2D eigenvalue weighted by atomic mass is 9.76. The number of aliphatic hydroxyl groups is 1. The summed E-state index contributed by atoms with van der Waals surface area (Å²) >= 11 is 0. The van der Waals surface area contributed by atoms with Crippen LogP contribution in [0.5, 0.6) is 0 Å². The highest BCUT2D eigenvalue weighted by atomic mass is 16.5. The minimum Gasteiger partial charge on any atom is -0.511 e. The molecule has 1 saturated carbocycles. The SMILES string of the molecule is CN=C1CCCC(=O)/C1=C(/O)CCc1noc2c1C(=O)CC(C)(C)C2. The van der Waals surface area contributed by atoms with E-state index in [1.165, 1.54) is 0 Å². The summed E-state index contributed by atoms with van der Waals surface area (Å²) in [6, 6.07) is 0. The van der Waals surface area contributed by atoms with Crippen molar-refractivity contribution in [2.24, 2.45) is 10.4 Å².